The van der Waals surface area contributed by atoms with E-state index < -0.39 is 5.97 Å². The van der Waals surface area contributed by atoms with Gasteiger partial charge in [0.05, 0.1) is 44.4 Å². The van der Waals surface area contributed by atoms with Gasteiger partial charge in [-0.1, -0.05) is 60.7 Å². The molecular weight excluding hydrogens is 596 g/mol. The molecule has 0 aromatic heterocycles. The fourth-order valence-corrected chi connectivity index (χ4v) is 5.43. The van der Waals surface area contributed by atoms with Gasteiger partial charge in [0.1, 0.15) is 12.4 Å². The van der Waals surface area contributed by atoms with Crippen molar-refractivity contribution in [3.63, 3.8) is 0 Å². The number of nitrogens with zero attached hydrogens (tertiary/aromatic N) is 1. The Balaban J connectivity index is 1.17. The molecule has 1 heterocycles. The summed E-state index contributed by atoms with van der Waals surface area (Å²) in [5.74, 6) is 0.0495. The lowest BCUT2D eigenvalue weighted by Crippen LogP contribution is -2.52. The number of carbonyl (C=O) groups excluding carboxylic acids is 3. The number of rotatable bonds is 13. The molecule has 0 aliphatic carbocycles. The first-order valence-electron chi connectivity index (χ1n) is 15.6. The zero-order valence-corrected chi connectivity index (χ0v) is 26.6. The van der Waals surface area contributed by atoms with Gasteiger partial charge in [-0.3, -0.25) is 10.2 Å². The molecule has 1 aliphatic rings. The predicted molar refractivity (Wildman–Crippen MR) is 180 cm³/mol. The summed E-state index contributed by atoms with van der Waals surface area (Å²) in [6.45, 7) is 3.21. The van der Waals surface area contributed by atoms with Crippen molar-refractivity contribution < 1.29 is 28.6 Å². The molecule has 10 nitrogen and oxygen atoms in total. The second-order valence-electron chi connectivity index (χ2n) is 11.4. The summed E-state index contributed by atoms with van der Waals surface area (Å²) in [4.78, 5) is 37.5. The fraction of sp³-hybridized carbons (Fsp3) is 0.270. The number of esters is 1. The summed E-state index contributed by atoms with van der Waals surface area (Å²) in [6.07, 6.45) is 1.80. The van der Waals surface area contributed by atoms with Crippen LogP contribution in [0.4, 0.5) is 16.2 Å². The van der Waals surface area contributed by atoms with Crippen LogP contribution in [0.2, 0.25) is 0 Å². The molecule has 5 rings (SSSR count). The Morgan fingerprint density at radius 2 is 1.45 bits per heavy atom. The summed E-state index contributed by atoms with van der Waals surface area (Å²) in [6, 6.07) is 31.1. The summed E-state index contributed by atoms with van der Waals surface area (Å²) in [5, 5.41) is 7.64. The number of anilines is 2. The van der Waals surface area contributed by atoms with E-state index in [4.69, 9.17) is 14.2 Å². The molecule has 10 heteroatoms. The quantitative estimate of drug-likeness (QED) is 0.151. The van der Waals surface area contributed by atoms with Crippen LogP contribution in [-0.4, -0.2) is 55.3 Å². The van der Waals surface area contributed by atoms with Crippen LogP contribution in [0, 0.1) is 6.92 Å². The minimum atomic E-state index is -0.408. The molecule has 2 unspecified atom stereocenters. The van der Waals surface area contributed by atoms with Gasteiger partial charge in [-0.25, -0.2) is 14.6 Å². The number of urea groups is 1. The summed E-state index contributed by atoms with van der Waals surface area (Å²) in [5.41, 5.74) is 7.78. The normalized spacial score (nSPS) is 15.9. The van der Waals surface area contributed by atoms with Gasteiger partial charge in [0.2, 0.25) is 5.91 Å². The monoisotopic (exact) mass is 636 g/mol. The van der Waals surface area contributed by atoms with Crippen molar-refractivity contribution in [2.45, 2.75) is 44.9 Å². The summed E-state index contributed by atoms with van der Waals surface area (Å²) < 4.78 is 16.9. The molecule has 1 fully saturated rings. The number of hydrogen-bond donors (Lipinski definition) is 3. The number of aryl methyl sites for hydroxylation is 1. The first-order valence-corrected chi connectivity index (χ1v) is 15.6. The van der Waals surface area contributed by atoms with Gasteiger partial charge < -0.3 is 24.8 Å². The van der Waals surface area contributed by atoms with Crippen LogP contribution in [0.15, 0.2) is 103 Å². The van der Waals surface area contributed by atoms with E-state index in [1.807, 2.05) is 78.7 Å². The van der Waals surface area contributed by atoms with Crippen LogP contribution in [0.25, 0.3) is 0 Å². The number of hydrazine groups is 1. The van der Waals surface area contributed by atoms with E-state index in [0.29, 0.717) is 36.8 Å². The van der Waals surface area contributed by atoms with Gasteiger partial charge in [-0.15, -0.1) is 0 Å². The molecule has 0 spiro atoms. The zero-order valence-electron chi connectivity index (χ0n) is 26.6. The Hall–Kier alpha value is -5.19. The smallest absolute Gasteiger partial charge is 0.337 e. The van der Waals surface area contributed by atoms with E-state index in [1.165, 1.54) is 7.11 Å². The third kappa shape index (κ3) is 9.65. The lowest BCUT2D eigenvalue weighted by Gasteiger charge is -2.30. The molecule has 1 aliphatic heterocycles. The maximum absolute atomic E-state index is 13.3. The molecule has 2 atom stereocenters. The van der Waals surface area contributed by atoms with Gasteiger partial charge in [0.25, 0.3) is 0 Å². The Morgan fingerprint density at radius 3 is 2.15 bits per heavy atom. The van der Waals surface area contributed by atoms with Crippen molar-refractivity contribution in [3.8, 4) is 5.75 Å². The van der Waals surface area contributed by atoms with Crippen LogP contribution in [0.3, 0.4) is 0 Å². The topological polar surface area (TPSA) is 118 Å². The minimum absolute atomic E-state index is 0.0312. The molecule has 4 aromatic rings. The second-order valence-corrected chi connectivity index (χ2v) is 11.4. The van der Waals surface area contributed by atoms with E-state index in [9.17, 15) is 14.4 Å². The van der Waals surface area contributed by atoms with Crippen LogP contribution in [0.5, 0.6) is 5.75 Å². The SMILES string of the molecule is COC(=O)c1ccc(OCC2CCC(COCc3ccccc3)N2NC(=O)Cc2ccc(NC(=O)Nc3ccccc3C)cc2)cc1. The Morgan fingerprint density at radius 1 is 0.766 bits per heavy atom. The maximum Gasteiger partial charge on any atom is 0.337 e. The number of nitrogens with one attached hydrogen (secondary N) is 3. The molecule has 0 radical (unpaired) electrons. The minimum Gasteiger partial charge on any atom is -0.492 e. The number of carbonyl (C=O) groups is 3. The molecule has 47 heavy (non-hydrogen) atoms. The third-order valence-electron chi connectivity index (χ3n) is 7.98. The predicted octanol–water partition coefficient (Wildman–Crippen LogP) is 6.13. The lowest BCUT2D eigenvalue weighted by atomic mass is 10.1. The van der Waals surface area contributed by atoms with E-state index in [2.05, 4.69) is 16.1 Å². The fourth-order valence-electron chi connectivity index (χ4n) is 5.43. The van der Waals surface area contributed by atoms with E-state index in [1.54, 1.807) is 36.4 Å². The van der Waals surface area contributed by atoms with Gasteiger partial charge >= 0.3 is 12.0 Å². The second kappa shape index (κ2) is 16.4. The van der Waals surface area contributed by atoms with Crippen molar-refractivity contribution in [2.24, 2.45) is 0 Å². The van der Waals surface area contributed by atoms with E-state index in [-0.39, 0.29) is 30.4 Å². The number of amides is 3. The first-order chi connectivity index (χ1) is 22.9. The van der Waals surface area contributed by atoms with Crippen molar-refractivity contribution in [1.29, 1.82) is 0 Å². The molecule has 4 aromatic carbocycles. The van der Waals surface area contributed by atoms with Crippen molar-refractivity contribution in [3.05, 3.63) is 125 Å². The summed E-state index contributed by atoms with van der Waals surface area (Å²) >= 11 is 0. The zero-order chi connectivity index (χ0) is 33.0. The van der Waals surface area contributed by atoms with Crippen LogP contribution in [0.1, 0.15) is 39.9 Å². The number of para-hydroxylation sites is 1. The average Bonchev–Trinajstić information content (AvgIpc) is 3.46. The van der Waals surface area contributed by atoms with Crippen LogP contribution < -0.4 is 20.8 Å². The first kappa shape index (κ1) is 33.2. The molecule has 3 N–H and O–H groups in total. The van der Waals surface area contributed by atoms with E-state index in [0.717, 1.165) is 35.2 Å². The van der Waals surface area contributed by atoms with Crippen molar-refractivity contribution in [2.75, 3.05) is 31.0 Å². The average molecular weight is 637 g/mol. The number of methoxy groups -OCH3 is 1. The van der Waals surface area contributed by atoms with Crippen molar-refractivity contribution in [1.82, 2.24) is 10.4 Å². The highest BCUT2D eigenvalue weighted by molar-refractivity contribution is 6.00. The molecular formula is C37H40N4O6. The molecule has 3 amide bonds. The summed E-state index contributed by atoms with van der Waals surface area (Å²) in [7, 11) is 1.34. The largest absolute Gasteiger partial charge is 0.492 e. The van der Waals surface area contributed by atoms with Gasteiger partial charge in [0, 0.05) is 11.4 Å². The standard InChI is InChI=1S/C37H40N4O6/c1-26-8-6-7-11-34(26)39-37(44)38-30-16-12-27(13-17-30)22-35(42)40-41-31(24-46-23-28-9-4-3-5-10-28)18-19-32(41)25-47-33-20-14-29(15-21-33)36(43)45-2/h3-17,20-21,31-32H,18-19,22-25H2,1-2H3,(H,40,42)(H2,38,39,44). The van der Waals surface area contributed by atoms with Crippen LogP contribution in [-0.2, 0) is 27.3 Å². The Kier molecular flexibility index (Phi) is 11.6. The molecule has 0 bridgehead atoms. The molecule has 1 saturated heterocycles. The van der Waals surface area contributed by atoms with E-state index >= 15 is 0 Å². The van der Waals surface area contributed by atoms with Gasteiger partial charge in [0.15, 0.2) is 0 Å². The highest BCUT2D eigenvalue weighted by atomic mass is 16.5. The van der Waals surface area contributed by atoms with Gasteiger partial charge in [-0.05, 0) is 78.9 Å². The molecule has 244 valence electrons. The lowest BCUT2D eigenvalue weighted by molar-refractivity contribution is -0.127. The van der Waals surface area contributed by atoms with Crippen molar-refractivity contribution >= 4 is 29.3 Å². The highest BCUT2D eigenvalue weighted by Crippen LogP contribution is 2.25. The van der Waals surface area contributed by atoms with Crippen LogP contribution >= 0.6 is 0 Å². The Bertz CT molecular complexity index is 1630. The number of ether oxygens (including phenoxy) is 3. The number of hydrogen-bond acceptors (Lipinski definition) is 7. The number of benzene rings is 4. The maximum atomic E-state index is 13.3. The highest BCUT2D eigenvalue weighted by Gasteiger charge is 2.35. The van der Waals surface area contributed by atoms with Gasteiger partial charge in [-0.2, -0.15) is 0 Å². The molecule has 0 saturated carbocycles. The third-order valence-corrected chi connectivity index (χ3v) is 7.98. The Labute approximate surface area is 275 Å².